The van der Waals surface area contributed by atoms with Gasteiger partial charge >= 0.3 is 0 Å². The highest BCUT2D eigenvalue weighted by Crippen LogP contribution is 2.39. The molecule has 1 aromatic carbocycles. The number of hydrogen-bond acceptors (Lipinski definition) is 4. The number of rotatable bonds is 7. The van der Waals surface area contributed by atoms with Gasteiger partial charge in [-0.2, -0.15) is 0 Å². The van der Waals surface area contributed by atoms with Gasteiger partial charge < -0.3 is 19.5 Å². The van der Waals surface area contributed by atoms with Crippen molar-refractivity contribution in [2.75, 3.05) is 39.4 Å². The van der Waals surface area contributed by atoms with Gasteiger partial charge in [0.05, 0.1) is 31.0 Å². The average Bonchev–Trinajstić information content (AvgIpc) is 3.47. The van der Waals surface area contributed by atoms with E-state index < -0.39 is 0 Å². The van der Waals surface area contributed by atoms with Crippen LogP contribution in [0.5, 0.6) is 0 Å². The Kier molecular flexibility index (Phi) is 7.15. The molecule has 2 unspecified atom stereocenters. The zero-order valence-electron chi connectivity index (χ0n) is 19.4. The Balaban J connectivity index is 1.45. The third-order valence-corrected chi connectivity index (χ3v) is 7.45. The Hall–Kier alpha value is -2.45. The molecule has 8 heteroatoms. The highest BCUT2D eigenvalue weighted by atomic mass is 35.5. The molecule has 0 aliphatic carbocycles. The van der Waals surface area contributed by atoms with Crippen LogP contribution in [0.3, 0.4) is 0 Å². The quantitative estimate of drug-likeness (QED) is 0.486. The van der Waals surface area contributed by atoms with Crippen molar-refractivity contribution >= 4 is 28.9 Å². The maximum absolute atomic E-state index is 6.31. The molecule has 178 valence electrons. The van der Waals surface area contributed by atoms with E-state index in [9.17, 15) is 0 Å². The summed E-state index contributed by atoms with van der Waals surface area (Å²) in [6, 6.07) is 16.5. The van der Waals surface area contributed by atoms with Gasteiger partial charge in [0, 0.05) is 55.0 Å². The van der Waals surface area contributed by atoms with Gasteiger partial charge in [-0.15, -0.1) is 0 Å². The van der Waals surface area contributed by atoms with E-state index in [4.69, 9.17) is 28.6 Å². The SMILES string of the molecule is Cc1cc(-n2cccc2C2C(c3ccccn3)NC(=S)N2CCCN2CCOCC2)ccc1Cl. The predicted molar refractivity (Wildman–Crippen MR) is 140 cm³/mol. The number of hydrogen-bond donors (Lipinski definition) is 1. The van der Waals surface area contributed by atoms with Gasteiger partial charge in [-0.3, -0.25) is 9.88 Å². The molecule has 2 aliphatic heterocycles. The van der Waals surface area contributed by atoms with Crippen LogP contribution in [-0.4, -0.2) is 63.9 Å². The average molecular weight is 496 g/mol. The molecule has 2 fully saturated rings. The van der Waals surface area contributed by atoms with Gasteiger partial charge in [-0.25, -0.2) is 0 Å². The Morgan fingerprint density at radius 3 is 2.74 bits per heavy atom. The van der Waals surface area contributed by atoms with Crippen LogP contribution in [-0.2, 0) is 4.74 Å². The minimum atomic E-state index is -0.0286. The van der Waals surface area contributed by atoms with Gasteiger partial charge in [0.1, 0.15) is 0 Å². The summed E-state index contributed by atoms with van der Waals surface area (Å²) in [5.74, 6) is 0. The molecule has 0 spiro atoms. The number of halogens is 1. The molecule has 2 atom stereocenters. The monoisotopic (exact) mass is 495 g/mol. The third-order valence-electron chi connectivity index (χ3n) is 6.68. The van der Waals surface area contributed by atoms with E-state index in [1.807, 2.05) is 31.3 Å². The fourth-order valence-electron chi connectivity index (χ4n) is 4.91. The molecule has 6 nitrogen and oxygen atoms in total. The molecule has 0 bridgehead atoms. The maximum Gasteiger partial charge on any atom is 0.170 e. The number of nitrogens with one attached hydrogen (secondary N) is 1. The smallest absolute Gasteiger partial charge is 0.170 e. The fourth-order valence-corrected chi connectivity index (χ4v) is 5.36. The first-order valence-corrected chi connectivity index (χ1v) is 12.6. The number of nitrogens with zero attached hydrogens (tertiary/aromatic N) is 4. The van der Waals surface area contributed by atoms with E-state index in [1.165, 1.54) is 5.69 Å². The first-order valence-electron chi connectivity index (χ1n) is 11.8. The number of morpholine rings is 1. The number of pyridine rings is 1. The molecule has 4 heterocycles. The summed E-state index contributed by atoms with van der Waals surface area (Å²) in [6.07, 6.45) is 4.99. The number of benzene rings is 1. The van der Waals surface area contributed by atoms with Crippen LogP contribution in [0.15, 0.2) is 60.9 Å². The zero-order chi connectivity index (χ0) is 23.5. The van der Waals surface area contributed by atoms with E-state index in [0.717, 1.165) is 72.9 Å². The van der Waals surface area contributed by atoms with Crippen molar-refractivity contribution < 1.29 is 4.74 Å². The van der Waals surface area contributed by atoms with Gasteiger partial charge in [-0.05, 0) is 73.6 Å². The topological polar surface area (TPSA) is 45.6 Å². The molecular formula is C26H30ClN5OS. The van der Waals surface area contributed by atoms with E-state index in [0.29, 0.717) is 0 Å². The van der Waals surface area contributed by atoms with E-state index in [1.54, 1.807) is 0 Å². The number of thiocarbonyl (C=S) groups is 1. The normalized spacial score (nSPS) is 21.1. The van der Waals surface area contributed by atoms with E-state index in [2.05, 4.69) is 61.2 Å². The summed E-state index contributed by atoms with van der Waals surface area (Å²) in [5.41, 5.74) is 4.32. The van der Waals surface area contributed by atoms with Crippen LogP contribution in [0, 0.1) is 6.92 Å². The molecule has 0 amide bonds. The van der Waals surface area contributed by atoms with Crippen LogP contribution in [0.2, 0.25) is 5.02 Å². The molecule has 1 N–H and O–H groups in total. The highest BCUT2D eigenvalue weighted by Gasteiger charge is 2.41. The molecule has 34 heavy (non-hydrogen) atoms. The van der Waals surface area contributed by atoms with E-state index >= 15 is 0 Å². The maximum atomic E-state index is 6.31. The Morgan fingerprint density at radius 2 is 1.97 bits per heavy atom. The van der Waals surface area contributed by atoms with Crippen LogP contribution in [0.1, 0.15) is 35.5 Å². The van der Waals surface area contributed by atoms with E-state index in [-0.39, 0.29) is 12.1 Å². The second-order valence-electron chi connectivity index (χ2n) is 8.86. The molecule has 0 radical (unpaired) electrons. The van der Waals surface area contributed by atoms with Crippen molar-refractivity contribution in [3.8, 4) is 5.69 Å². The first-order chi connectivity index (χ1) is 16.6. The molecular weight excluding hydrogens is 466 g/mol. The molecule has 0 saturated carbocycles. The second kappa shape index (κ2) is 10.4. The number of aryl methyl sites for hydroxylation is 1. The van der Waals surface area contributed by atoms with Crippen molar-refractivity contribution in [1.29, 1.82) is 0 Å². The second-order valence-corrected chi connectivity index (χ2v) is 9.66. The summed E-state index contributed by atoms with van der Waals surface area (Å²) >= 11 is 12.2. The Morgan fingerprint density at radius 1 is 1.12 bits per heavy atom. The minimum absolute atomic E-state index is 0.0260. The molecule has 5 rings (SSSR count). The predicted octanol–water partition coefficient (Wildman–Crippen LogP) is 4.53. The minimum Gasteiger partial charge on any atom is -0.379 e. The van der Waals surface area contributed by atoms with Gasteiger partial charge in [0.25, 0.3) is 0 Å². The van der Waals surface area contributed by atoms with Crippen molar-refractivity contribution in [3.63, 3.8) is 0 Å². The van der Waals surface area contributed by atoms with Crippen molar-refractivity contribution in [3.05, 3.63) is 82.9 Å². The zero-order valence-corrected chi connectivity index (χ0v) is 20.9. The summed E-state index contributed by atoms with van der Waals surface area (Å²) in [6.45, 7) is 7.60. The highest BCUT2D eigenvalue weighted by molar-refractivity contribution is 7.80. The summed E-state index contributed by atoms with van der Waals surface area (Å²) in [7, 11) is 0. The summed E-state index contributed by atoms with van der Waals surface area (Å²) in [4.78, 5) is 9.48. The van der Waals surface area contributed by atoms with Gasteiger partial charge in [0.2, 0.25) is 0 Å². The van der Waals surface area contributed by atoms with Gasteiger partial charge in [-0.1, -0.05) is 17.7 Å². The molecule has 3 aromatic rings. The van der Waals surface area contributed by atoms with Crippen molar-refractivity contribution in [2.24, 2.45) is 0 Å². The largest absolute Gasteiger partial charge is 0.379 e. The molecule has 2 aromatic heterocycles. The Labute approximate surface area is 211 Å². The number of aromatic nitrogens is 2. The summed E-state index contributed by atoms with van der Waals surface area (Å²) < 4.78 is 7.74. The molecule has 2 aliphatic rings. The molecule has 2 saturated heterocycles. The van der Waals surface area contributed by atoms with Crippen molar-refractivity contribution in [1.82, 2.24) is 24.7 Å². The lowest BCUT2D eigenvalue weighted by Crippen LogP contribution is -2.39. The van der Waals surface area contributed by atoms with Crippen molar-refractivity contribution in [2.45, 2.75) is 25.4 Å². The third kappa shape index (κ3) is 4.84. The fraction of sp³-hybridized carbons (Fsp3) is 0.385. The lowest BCUT2D eigenvalue weighted by atomic mass is 10.0. The lowest BCUT2D eigenvalue weighted by Gasteiger charge is -2.31. The Bertz CT molecular complexity index is 1130. The number of ether oxygens (including phenoxy) is 1. The lowest BCUT2D eigenvalue weighted by molar-refractivity contribution is 0.0365. The van der Waals surface area contributed by atoms with Gasteiger partial charge in [0.15, 0.2) is 5.11 Å². The van der Waals surface area contributed by atoms with Crippen LogP contribution in [0.4, 0.5) is 0 Å². The first kappa shape index (κ1) is 23.3. The van der Waals surface area contributed by atoms with Crippen LogP contribution < -0.4 is 5.32 Å². The van der Waals surface area contributed by atoms with Crippen LogP contribution in [0.25, 0.3) is 5.69 Å². The standard InChI is InChI=1S/C26H30ClN5OS/c1-19-18-20(8-9-21(19)27)31-12-4-7-23(31)25-24(22-6-2-3-10-28-22)29-26(34)32(25)13-5-11-30-14-16-33-17-15-30/h2-4,6-10,12,18,24-25H,5,11,13-17H2,1H3,(H,29,34). The summed E-state index contributed by atoms with van der Waals surface area (Å²) in [5, 5.41) is 5.13. The van der Waals surface area contributed by atoms with Crippen LogP contribution >= 0.6 is 23.8 Å².